The molecule has 5 rings (SSSR count). The molecule has 1 N–H and O–H groups in total. The summed E-state index contributed by atoms with van der Waals surface area (Å²) in [5.41, 5.74) is 1.57. The molecule has 5 nitrogen and oxygen atoms in total. The number of rotatable bonds is 3. The zero-order chi connectivity index (χ0) is 21.4. The maximum atomic E-state index is 13.5. The number of fused-ring (bicyclic) bond motifs is 1. The van der Waals surface area contributed by atoms with Crippen molar-refractivity contribution < 1.29 is 5.11 Å². The largest absolute Gasteiger partial charge is 0.494 e. The second kappa shape index (κ2) is 7.66. The molecule has 0 amide bonds. The molecule has 1 aliphatic heterocycles. The Morgan fingerprint density at radius 1 is 0.806 bits per heavy atom. The quantitative estimate of drug-likeness (QED) is 0.513. The predicted octanol–water partition coefficient (Wildman–Crippen LogP) is 3.52. The number of benzene rings is 3. The molecule has 0 fully saturated rings. The summed E-state index contributed by atoms with van der Waals surface area (Å²) in [6.45, 7) is 0. The van der Waals surface area contributed by atoms with Crippen LogP contribution in [0.25, 0.3) is 23.5 Å². The maximum Gasteiger partial charge on any atom is 0.270 e. The van der Waals surface area contributed by atoms with Gasteiger partial charge in [-0.25, -0.2) is 4.99 Å². The van der Waals surface area contributed by atoms with Crippen LogP contribution in [0.1, 0.15) is 5.56 Å². The first-order valence-electron chi connectivity index (χ1n) is 9.72. The Balaban J connectivity index is 1.83. The molecule has 2 heterocycles. The zero-order valence-corrected chi connectivity index (χ0v) is 17.2. The van der Waals surface area contributed by atoms with Crippen LogP contribution in [0.5, 0.6) is 5.88 Å². The van der Waals surface area contributed by atoms with Crippen LogP contribution < -0.4 is 16.1 Å². The molecule has 150 valence electrons. The summed E-state index contributed by atoms with van der Waals surface area (Å²) in [6.07, 6.45) is 3.49. The van der Waals surface area contributed by atoms with Gasteiger partial charge in [-0.1, -0.05) is 54.6 Å². The molecule has 31 heavy (non-hydrogen) atoms. The average molecular weight is 423 g/mol. The van der Waals surface area contributed by atoms with Gasteiger partial charge in [-0.05, 0) is 54.7 Å². The summed E-state index contributed by atoms with van der Waals surface area (Å²) in [5.74, 6) is -0.222. The highest BCUT2D eigenvalue weighted by molar-refractivity contribution is 7.71. The van der Waals surface area contributed by atoms with Gasteiger partial charge in [0.1, 0.15) is 5.56 Å². The van der Waals surface area contributed by atoms with Crippen LogP contribution in [0.4, 0.5) is 0 Å². The molecular weight excluding hydrogens is 406 g/mol. The third-order valence-electron chi connectivity index (χ3n) is 5.08. The number of para-hydroxylation sites is 3. The Hall–Kier alpha value is -4.03. The Morgan fingerprint density at radius 3 is 2.03 bits per heavy atom. The van der Waals surface area contributed by atoms with Crippen molar-refractivity contribution in [2.24, 2.45) is 4.99 Å². The van der Waals surface area contributed by atoms with E-state index in [2.05, 4.69) is 4.99 Å². The Bertz CT molecular complexity index is 1530. The van der Waals surface area contributed by atoms with Gasteiger partial charge < -0.3 is 5.11 Å². The van der Waals surface area contributed by atoms with Crippen LogP contribution in [0.2, 0.25) is 0 Å². The van der Waals surface area contributed by atoms with E-state index in [1.165, 1.54) is 9.13 Å². The first kappa shape index (κ1) is 19.0. The minimum absolute atomic E-state index is 0.115. The lowest BCUT2D eigenvalue weighted by atomic mass is 10.2. The molecule has 0 spiro atoms. The number of hydrogen-bond acceptors (Lipinski definition) is 4. The van der Waals surface area contributed by atoms with Gasteiger partial charge >= 0.3 is 0 Å². The van der Waals surface area contributed by atoms with E-state index >= 15 is 0 Å². The smallest absolute Gasteiger partial charge is 0.270 e. The standard InChI is InChI=1S/C25H17N3O2S/c29-23-21(16-18-15-17-9-7-8-14-22(17)26-18)24(30)28(20-12-5-2-6-13-20)25(31)27(23)19-10-3-1-4-11-19/h1-16,29H/b18-16-. The first-order chi connectivity index (χ1) is 15.1. The van der Waals surface area contributed by atoms with Crippen molar-refractivity contribution in [2.45, 2.75) is 0 Å². The van der Waals surface area contributed by atoms with Crippen LogP contribution >= 0.6 is 12.2 Å². The molecule has 3 aromatic carbocycles. The third kappa shape index (κ3) is 3.33. The molecule has 4 aromatic rings. The molecular formula is C25H17N3O2S. The van der Waals surface area contributed by atoms with E-state index in [1.54, 1.807) is 6.08 Å². The van der Waals surface area contributed by atoms with Crippen molar-refractivity contribution in [1.82, 2.24) is 9.13 Å². The molecule has 0 saturated heterocycles. The molecule has 0 saturated carbocycles. The van der Waals surface area contributed by atoms with E-state index in [4.69, 9.17) is 12.2 Å². The van der Waals surface area contributed by atoms with Crippen LogP contribution in [-0.4, -0.2) is 14.2 Å². The van der Waals surface area contributed by atoms with E-state index in [1.807, 2.05) is 91.0 Å². The highest BCUT2D eigenvalue weighted by atomic mass is 32.1. The maximum absolute atomic E-state index is 13.5. The van der Waals surface area contributed by atoms with Crippen molar-refractivity contribution in [3.63, 3.8) is 0 Å². The molecule has 0 atom stereocenters. The fraction of sp³-hybridized carbons (Fsp3) is 0. The van der Waals surface area contributed by atoms with Crippen molar-refractivity contribution >= 4 is 24.4 Å². The molecule has 0 bridgehead atoms. The Morgan fingerprint density at radius 2 is 1.39 bits per heavy atom. The zero-order valence-electron chi connectivity index (χ0n) is 16.3. The SMILES string of the molecule is O=c1c(/C=C2/C=c3ccccc3=N2)c(O)n(-c2ccccc2)c(=S)n1-c1ccccc1. The minimum Gasteiger partial charge on any atom is -0.494 e. The van der Waals surface area contributed by atoms with Gasteiger partial charge in [0.2, 0.25) is 5.88 Å². The summed E-state index contributed by atoms with van der Waals surface area (Å²) in [7, 11) is 0. The molecule has 6 heteroatoms. The van der Waals surface area contributed by atoms with Gasteiger partial charge in [0, 0.05) is 5.22 Å². The summed E-state index contributed by atoms with van der Waals surface area (Å²) in [5, 5.41) is 12.9. The lowest BCUT2D eigenvalue weighted by Crippen LogP contribution is -2.25. The second-order valence-electron chi connectivity index (χ2n) is 7.05. The number of hydrogen-bond donors (Lipinski definition) is 1. The van der Waals surface area contributed by atoms with Crippen LogP contribution in [0.3, 0.4) is 0 Å². The molecule has 1 aromatic heterocycles. The van der Waals surface area contributed by atoms with Crippen LogP contribution in [0, 0.1) is 4.77 Å². The monoisotopic (exact) mass is 423 g/mol. The van der Waals surface area contributed by atoms with Gasteiger partial charge in [-0.2, -0.15) is 0 Å². The summed E-state index contributed by atoms with van der Waals surface area (Å²) >= 11 is 5.64. The molecule has 0 aliphatic carbocycles. The lowest BCUT2D eigenvalue weighted by Gasteiger charge is -2.16. The van der Waals surface area contributed by atoms with Gasteiger partial charge in [-0.3, -0.25) is 13.9 Å². The number of allylic oxidation sites excluding steroid dienone is 1. The van der Waals surface area contributed by atoms with Crippen molar-refractivity contribution in [3.8, 4) is 17.3 Å². The fourth-order valence-corrected chi connectivity index (χ4v) is 4.00. The second-order valence-corrected chi connectivity index (χ2v) is 7.42. The van der Waals surface area contributed by atoms with Crippen molar-refractivity contribution in [1.29, 1.82) is 0 Å². The Kier molecular flexibility index (Phi) is 4.69. The highest BCUT2D eigenvalue weighted by Crippen LogP contribution is 2.24. The van der Waals surface area contributed by atoms with E-state index in [-0.39, 0.29) is 16.2 Å². The van der Waals surface area contributed by atoms with Crippen molar-refractivity contribution in [3.05, 3.63) is 122 Å². The highest BCUT2D eigenvalue weighted by Gasteiger charge is 2.18. The lowest BCUT2D eigenvalue weighted by molar-refractivity contribution is 0.429. The average Bonchev–Trinajstić information content (AvgIpc) is 3.21. The van der Waals surface area contributed by atoms with E-state index in [9.17, 15) is 9.90 Å². The van der Waals surface area contributed by atoms with Crippen LogP contribution in [0.15, 0.2) is 100 Å². The van der Waals surface area contributed by atoms with Crippen molar-refractivity contribution in [2.75, 3.05) is 0 Å². The third-order valence-corrected chi connectivity index (χ3v) is 5.44. The van der Waals surface area contributed by atoms with Gasteiger partial charge in [0.05, 0.1) is 22.4 Å². The normalized spacial score (nSPS) is 13.5. The molecule has 0 unspecified atom stereocenters. The van der Waals surface area contributed by atoms with Crippen LogP contribution in [-0.2, 0) is 0 Å². The molecule has 0 radical (unpaired) electrons. The number of nitrogens with zero attached hydrogens (tertiary/aromatic N) is 3. The summed E-state index contributed by atoms with van der Waals surface area (Å²) < 4.78 is 3.10. The van der Waals surface area contributed by atoms with Gasteiger partial charge in [0.25, 0.3) is 5.56 Å². The molecule has 1 aliphatic rings. The summed E-state index contributed by atoms with van der Waals surface area (Å²) in [4.78, 5) is 18.0. The van der Waals surface area contributed by atoms with Gasteiger partial charge in [0.15, 0.2) is 4.77 Å². The Labute approximate surface area is 182 Å². The minimum atomic E-state index is -0.409. The van der Waals surface area contributed by atoms with Gasteiger partial charge in [-0.15, -0.1) is 0 Å². The summed E-state index contributed by atoms with van der Waals surface area (Å²) in [6, 6.07) is 26.1. The number of aromatic nitrogens is 2. The predicted molar refractivity (Wildman–Crippen MR) is 124 cm³/mol. The topological polar surface area (TPSA) is 59.5 Å². The van der Waals surface area contributed by atoms with E-state index in [0.717, 1.165) is 10.6 Å². The number of aromatic hydroxyl groups is 1. The fourth-order valence-electron chi connectivity index (χ4n) is 3.62. The van der Waals surface area contributed by atoms with E-state index in [0.29, 0.717) is 17.1 Å². The first-order valence-corrected chi connectivity index (χ1v) is 10.1. The van der Waals surface area contributed by atoms with E-state index < -0.39 is 5.56 Å².